The second kappa shape index (κ2) is 5.99. The van der Waals surface area contributed by atoms with Crippen molar-refractivity contribution in [1.29, 1.82) is 0 Å². The molecular formula is C17H24N2O3. The predicted octanol–water partition coefficient (Wildman–Crippen LogP) is 2.47. The van der Waals surface area contributed by atoms with Crippen LogP contribution in [0, 0.1) is 5.41 Å². The summed E-state index contributed by atoms with van der Waals surface area (Å²) in [6, 6.07) is 10.1. The van der Waals surface area contributed by atoms with E-state index >= 15 is 0 Å². The standard InChI is InChI=1S/C17H24N2O3/c1-16(2)11-17(16,13-7-5-4-6-8-13)12-19(3)15(22)18-10-9-14(20)21/h4-8H,9-12H2,1-3H3,(H,18,22)(H,20,21)/t17-/m0/s1. The maximum Gasteiger partial charge on any atom is 0.317 e. The number of nitrogens with zero attached hydrogens (tertiary/aromatic N) is 1. The van der Waals surface area contributed by atoms with Crippen molar-refractivity contribution in [3.05, 3.63) is 35.9 Å². The molecule has 1 aliphatic carbocycles. The van der Waals surface area contributed by atoms with Gasteiger partial charge in [0.05, 0.1) is 6.42 Å². The molecule has 1 aromatic rings. The van der Waals surface area contributed by atoms with Gasteiger partial charge >= 0.3 is 12.0 Å². The number of carbonyl (C=O) groups excluding carboxylic acids is 1. The average molecular weight is 304 g/mol. The highest BCUT2D eigenvalue weighted by atomic mass is 16.4. The van der Waals surface area contributed by atoms with Crippen molar-refractivity contribution in [1.82, 2.24) is 10.2 Å². The molecule has 1 atom stereocenters. The zero-order valence-corrected chi connectivity index (χ0v) is 13.4. The van der Waals surface area contributed by atoms with Crippen LogP contribution in [0.5, 0.6) is 0 Å². The molecule has 0 unspecified atom stereocenters. The zero-order chi connectivity index (χ0) is 16.4. The summed E-state index contributed by atoms with van der Waals surface area (Å²) in [7, 11) is 1.76. The molecule has 0 bridgehead atoms. The normalized spacial score (nSPS) is 22.0. The molecule has 0 spiro atoms. The van der Waals surface area contributed by atoms with Gasteiger partial charge in [-0.1, -0.05) is 44.2 Å². The number of urea groups is 1. The summed E-state index contributed by atoms with van der Waals surface area (Å²) in [6.45, 7) is 5.22. The van der Waals surface area contributed by atoms with Crippen LogP contribution in [0.15, 0.2) is 30.3 Å². The number of hydrogen-bond donors (Lipinski definition) is 2. The van der Waals surface area contributed by atoms with Crippen LogP contribution in [-0.2, 0) is 10.2 Å². The minimum Gasteiger partial charge on any atom is -0.481 e. The van der Waals surface area contributed by atoms with Crippen molar-refractivity contribution in [3.8, 4) is 0 Å². The summed E-state index contributed by atoms with van der Waals surface area (Å²) < 4.78 is 0. The summed E-state index contributed by atoms with van der Waals surface area (Å²) in [4.78, 5) is 24.2. The van der Waals surface area contributed by atoms with Crippen LogP contribution >= 0.6 is 0 Å². The topological polar surface area (TPSA) is 69.6 Å². The molecular weight excluding hydrogens is 280 g/mol. The Hall–Kier alpha value is -2.04. The van der Waals surface area contributed by atoms with E-state index in [0.717, 1.165) is 6.42 Å². The first-order valence-electron chi connectivity index (χ1n) is 7.55. The predicted molar refractivity (Wildman–Crippen MR) is 84.8 cm³/mol. The van der Waals surface area contributed by atoms with E-state index in [9.17, 15) is 9.59 Å². The van der Waals surface area contributed by atoms with Crippen LogP contribution in [0.3, 0.4) is 0 Å². The summed E-state index contributed by atoms with van der Waals surface area (Å²) in [5.41, 5.74) is 1.39. The van der Waals surface area contributed by atoms with E-state index in [1.807, 2.05) is 18.2 Å². The fourth-order valence-electron chi connectivity index (χ4n) is 3.21. The molecule has 5 heteroatoms. The fourth-order valence-corrected chi connectivity index (χ4v) is 3.21. The van der Waals surface area contributed by atoms with Gasteiger partial charge in [0.1, 0.15) is 0 Å². The molecule has 120 valence electrons. The lowest BCUT2D eigenvalue weighted by molar-refractivity contribution is -0.136. The number of rotatable bonds is 6. The third-order valence-corrected chi connectivity index (χ3v) is 4.71. The highest BCUT2D eigenvalue weighted by molar-refractivity contribution is 5.75. The van der Waals surface area contributed by atoms with Gasteiger partial charge in [-0.25, -0.2) is 4.79 Å². The number of carboxylic acids is 1. The maximum absolute atomic E-state index is 12.1. The van der Waals surface area contributed by atoms with Crippen LogP contribution in [0.1, 0.15) is 32.3 Å². The van der Waals surface area contributed by atoms with Gasteiger partial charge in [-0.15, -0.1) is 0 Å². The van der Waals surface area contributed by atoms with E-state index in [-0.39, 0.29) is 29.8 Å². The van der Waals surface area contributed by atoms with Gasteiger partial charge < -0.3 is 15.3 Å². The number of amides is 2. The Balaban J connectivity index is 2.01. The quantitative estimate of drug-likeness (QED) is 0.848. The second-order valence-electron chi connectivity index (χ2n) is 6.74. The van der Waals surface area contributed by atoms with E-state index < -0.39 is 5.97 Å². The molecule has 0 aliphatic heterocycles. The second-order valence-corrected chi connectivity index (χ2v) is 6.74. The largest absolute Gasteiger partial charge is 0.481 e. The molecule has 0 radical (unpaired) electrons. The number of likely N-dealkylation sites (N-methyl/N-ethyl adjacent to an activating group) is 1. The lowest BCUT2D eigenvalue weighted by Crippen LogP contribution is -2.43. The summed E-state index contributed by atoms with van der Waals surface area (Å²) >= 11 is 0. The van der Waals surface area contributed by atoms with Gasteiger partial charge in [0.25, 0.3) is 0 Å². The van der Waals surface area contributed by atoms with Crippen LogP contribution in [0.2, 0.25) is 0 Å². The van der Waals surface area contributed by atoms with E-state index in [1.165, 1.54) is 5.56 Å². The van der Waals surface area contributed by atoms with E-state index in [0.29, 0.717) is 6.54 Å². The SMILES string of the molecule is CN(C[C@]1(c2ccccc2)CC1(C)C)C(=O)NCCC(=O)O. The summed E-state index contributed by atoms with van der Waals surface area (Å²) in [6.07, 6.45) is 0.978. The van der Waals surface area contributed by atoms with Crippen molar-refractivity contribution in [2.45, 2.75) is 32.1 Å². The van der Waals surface area contributed by atoms with Crippen molar-refractivity contribution >= 4 is 12.0 Å². The molecule has 5 nitrogen and oxygen atoms in total. The van der Waals surface area contributed by atoms with Crippen LogP contribution in [-0.4, -0.2) is 42.1 Å². The maximum atomic E-state index is 12.1. The molecule has 0 heterocycles. The van der Waals surface area contributed by atoms with Gasteiger partial charge in [-0.2, -0.15) is 0 Å². The molecule has 0 aromatic heterocycles. The highest BCUT2D eigenvalue weighted by Crippen LogP contribution is 2.64. The molecule has 2 N–H and O–H groups in total. The molecule has 0 saturated heterocycles. The van der Waals surface area contributed by atoms with E-state index in [4.69, 9.17) is 5.11 Å². The Labute approximate surface area is 131 Å². The average Bonchev–Trinajstić information content (AvgIpc) is 3.01. The minimum absolute atomic E-state index is 0.0207. The monoisotopic (exact) mass is 304 g/mol. The molecule has 1 aromatic carbocycles. The number of nitrogens with one attached hydrogen (secondary N) is 1. The number of benzene rings is 1. The summed E-state index contributed by atoms with van der Waals surface area (Å²) in [5.74, 6) is -0.910. The van der Waals surface area contributed by atoms with Gasteiger partial charge in [0.15, 0.2) is 0 Å². The molecule has 1 fully saturated rings. The number of carboxylic acid groups (broad SMARTS) is 1. The third-order valence-electron chi connectivity index (χ3n) is 4.71. The zero-order valence-electron chi connectivity index (χ0n) is 13.4. The number of aliphatic carboxylic acids is 1. The Bertz CT molecular complexity index is 556. The van der Waals surface area contributed by atoms with Crippen LogP contribution in [0.25, 0.3) is 0 Å². The van der Waals surface area contributed by atoms with Crippen molar-refractivity contribution < 1.29 is 14.7 Å². The summed E-state index contributed by atoms with van der Waals surface area (Å²) in [5, 5.41) is 11.3. The van der Waals surface area contributed by atoms with E-state index in [2.05, 4.69) is 31.3 Å². The molecule has 2 rings (SSSR count). The van der Waals surface area contributed by atoms with Crippen molar-refractivity contribution in [2.24, 2.45) is 5.41 Å². The minimum atomic E-state index is -0.910. The Morgan fingerprint density at radius 2 is 1.86 bits per heavy atom. The van der Waals surface area contributed by atoms with Gasteiger partial charge in [0.2, 0.25) is 0 Å². The Kier molecular flexibility index (Phi) is 4.44. The van der Waals surface area contributed by atoms with Crippen LogP contribution in [0.4, 0.5) is 4.79 Å². The van der Waals surface area contributed by atoms with Gasteiger partial charge in [-0.3, -0.25) is 4.79 Å². The molecule has 22 heavy (non-hydrogen) atoms. The van der Waals surface area contributed by atoms with Gasteiger partial charge in [-0.05, 0) is 17.4 Å². The first kappa shape index (κ1) is 16.3. The molecule has 1 saturated carbocycles. The number of hydrogen-bond acceptors (Lipinski definition) is 2. The highest BCUT2D eigenvalue weighted by Gasteiger charge is 2.62. The lowest BCUT2D eigenvalue weighted by atomic mass is 9.87. The first-order chi connectivity index (χ1) is 10.3. The van der Waals surface area contributed by atoms with Crippen LogP contribution < -0.4 is 5.32 Å². The fraction of sp³-hybridized carbons (Fsp3) is 0.529. The molecule has 1 aliphatic rings. The van der Waals surface area contributed by atoms with E-state index in [1.54, 1.807) is 11.9 Å². The number of carbonyl (C=O) groups is 2. The Morgan fingerprint density at radius 1 is 1.27 bits per heavy atom. The Morgan fingerprint density at radius 3 is 2.36 bits per heavy atom. The first-order valence-corrected chi connectivity index (χ1v) is 7.55. The molecule has 2 amide bonds. The van der Waals surface area contributed by atoms with Crippen molar-refractivity contribution in [2.75, 3.05) is 20.1 Å². The van der Waals surface area contributed by atoms with Crippen molar-refractivity contribution in [3.63, 3.8) is 0 Å². The third kappa shape index (κ3) is 3.24. The smallest absolute Gasteiger partial charge is 0.317 e. The lowest BCUT2D eigenvalue weighted by Gasteiger charge is -2.27. The van der Waals surface area contributed by atoms with Gasteiger partial charge in [0, 0.05) is 25.6 Å².